The first-order chi connectivity index (χ1) is 32.0. The predicted octanol–water partition coefficient (Wildman–Crippen LogP) is 11.2. The third-order valence-electron chi connectivity index (χ3n) is 13.2. The average molecular weight is 832 g/mol. The van der Waals surface area contributed by atoms with E-state index in [2.05, 4.69) is 171 Å². The molecule has 65 heavy (non-hydrogen) atoms. The van der Waals surface area contributed by atoms with Crippen LogP contribution in [-0.2, 0) is 16.2 Å². The van der Waals surface area contributed by atoms with E-state index in [1.165, 1.54) is 28.2 Å². The number of hydrogen-bond acceptors (Lipinski definition) is 4. The summed E-state index contributed by atoms with van der Waals surface area (Å²) in [5.41, 5.74) is 12.4. The largest absolute Gasteiger partial charge is 0.265 e. The lowest BCUT2D eigenvalue weighted by molar-refractivity contribution is 0.303. The fourth-order valence-electron chi connectivity index (χ4n) is 10.2. The highest BCUT2D eigenvalue weighted by Gasteiger charge is 2.66. The molecule has 0 N–H and O–H groups in total. The molecule has 4 heterocycles. The van der Waals surface area contributed by atoms with Crippen LogP contribution in [0.1, 0.15) is 99.4 Å². The third-order valence-corrected chi connectivity index (χ3v) is 13.2. The minimum atomic E-state index is -0.238. The third kappa shape index (κ3) is 8.56. The van der Waals surface area contributed by atoms with Gasteiger partial charge in [-0.2, -0.15) is 23.6 Å². The van der Waals surface area contributed by atoms with Gasteiger partial charge in [-0.15, -0.1) is 12.1 Å². The molecule has 0 aliphatic heterocycles. The molecule has 10 rings (SSSR count). The molecule has 308 valence electrons. The molecule has 2 fully saturated rings. The molecule has 0 saturated heterocycles. The summed E-state index contributed by atoms with van der Waals surface area (Å²) in [6, 6.07) is 51.7. The summed E-state index contributed by atoms with van der Waals surface area (Å²) in [4.78, 5) is 16.6. The molecule has 0 radical (unpaired) electrons. The summed E-state index contributed by atoms with van der Waals surface area (Å²) < 4.78 is 0. The van der Waals surface area contributed by atoms with Gasteiger partial charge in [0, 0.05) is 94.1 Å². The number of fused-ring (bicyclic) bond motifs is 1. The molecule has 2 aliphatic rings. The molecule has 2 saturated carbocycles. The van der Waals surface area contributed by atoms with Crippen LogP contribution in [0.5, 0.6) is 0 Å². The standard InChI is InChI=1S/C61H43N4/c1-59(56-20-12-47(13-21-56)3-7-51-28-36-63-37-29-51)44-60(57-22-14-48(15-23-57)4-8-52-30-38-64-39-31-52)42-55(54-18-10-46(11-19-54)2-6-50-26-34-62-35-27-50)43-61(60,45-59)58-24-16-49(17-25-58)5-9-53-32-40-65-41-33-53/h10-41H,42-45H2,1H3/q-1. The Bertz CT molecular complexity index is 3070. The summed E-state index contributed by atoms with van der Waals surface area (Å²) in [7, 11) is 0. The van der Waals surface area contributed by atoms with Crippen LogP contribution in [0.25, 0.3) is 0 Å². The molecule has 0 spiro atoms. The van der Waals surface area contributed by atoms with Crippen molar-refractivity contribution in [3.8, 4) is 47.4 Å². The first-order valence-electron chi connectivity index (χ1n) is 21.9. The molecular formula is C61H43N4-. The Balaban J connectivity index is 1.06. The van der Waals surface area contributed by atoms with Crippen molar-refractivity contribution in [2.45, 2.75) is 48.9 Å². The number of hydrogen-bond donors (Lipinski definition) is 0. The Morgan fingerprint density at radius 1 is 0.323 bits per heavy atom. The second-order valence-electron chi connectivity index (χ2n) is 17.3. The van der Waals surface area contributed by atoms with Gasteiger partial charge >= 0.3 is 0 Å². The lowest BCUT2D eigenvalue weighted by Crippen LogP contribution is -2.40. The maximum Gasteiger partial charge on any atom is 0.0280 e. The summed E-state index contributed by atoms with van der Waals surface area (Å²) in [6.45, 7) is 2.48. The monoisotopic (exact) mass is 831 g/mol. The van der Waals surface area contributed by atoms with E-state index in [4.69, 9.17) is 0 Å². The van der Waals surface area contributed by atoms with Crippen LogP contribution in [0.3, 0.4) is 0 Å². The van der Waals surface area contributed by atoms with Gasteiger partial charge in [-0.3, -0.25) is 19.9 Å². The van der Waals surface area contributed by atoms with Gasteiger partial charge in [-0.05, 0) is 131 Å². The molecule has 8 aromatic rings. The van der Waals surface area contributed by atoms with Gasteiger partial charge in [-0.1, -0.05) is 104 Å². The lowest BCUT2D eigenvalue weighted by atomic mass is 9.61. The van der Waals surface area contributed by atoms with Crippen LogP contribution in [0, 0.1) is 53.3 Å². The van der Waals surface area contributed by atoms with E-state index >= 15 is 0 Å². The molecule has 0 bridgehead atoms. The number of rotatable bonds is 4. The highest BCUT2D eigenvalue weighted by molar-refractivity contribution is 5.57. The number of benzene rings is 4. The normalized spacial score (nSPS) is 19.2. The molecule has 2 atom stereocenters. The lowest BCUT2D eigenvalue weighted by Gasteiger charge is -2.43. The summed E-state index contributed by atoms with van der Waals surface area (Å²) in [5.74, 6) is 28.3. The molecule has 0 amide bonds. The first-order valence-corrected chi connectivity index (χ1v) is 21.9. The van der Waals surface area contributed by atoms with E-state index < -0.39 is 0 Å². The predicted molar refractivity (Wildman–Crippen MR) is 258 cm³/mol. The molecule has 2 unspecified atom stereocenters. The Morgan fingerprint density at radius 2 is 0.569 bits per heavy atom. The molecule has 4 aromatic carbocycles. The van der Waals surface area contributed by atoms with Crippen molar-refractivity contribution in [2.24, 2.45) is 0 Å². The van der Waals surface area contributed by atoms with Gasteiger partial charge in [0.25, 0.3) is 0 Å². The molecule has 2 aliphatic carbocycles. The zero-order valence-corrected chi connectivity index (χ0v) is 36.1. The molecule has 4 nitrogen and oxygen atoms in total. The van der Waals surface area contributed by atoms with Crippen LogP contribution in [0.2, 0.25) is 0 Å². The summed E-state index contributed by atoms with van der Waals surface area (Å²) >= 11 is 0. The Labute approximate surface area is 382 Å². The van der Waals surface area contributed by atoms with Gasteiger partial charge in [0.05, 0.1) is 0 Å². The van der Waals surface area contributed by atoms with Crippen molar-refractivity contribution in [1.82, 2.24) is 19.9 Å². The highest BCUT2D eigenvalue weighted by atomic mass is 14.7. The minimum absolute atomic E-state index is 0.144. The van der Waals surface area contributed by atoms with E-state index in [1.54, 1.807) is 49.6 Å². The van der Waals surface area contributed by atoms with E-state index in [9.17, 15) is 0 Å². The maximum absolute atomic E-state index is 4.16. The Kier molecular flexibility index (Phi) is 11.1. The zero-order chi connectivity index (χ0) is 43.9. The van der Waals surface area contributed by atoms with Gasteiger partial charge in [-0.25, -0.2) is 0 Å². The van der Waals surface area contributed by atoms with Gasteiger partial charge in [0.15, 0.2) is 0 Å². The van der Waals surface area contributed by atoms with Crippen LogP contribution in [0.15, 0.2) is 195 Å². The van der Waals surface area contributed by atoms with Gasteiger partial charge in [0.1, 0.15) is 0 Å². The number of pyridine rings is 4. The van der Waals surface area contributed by atoms with Crippen molar-refractivity contribution in [3.63, 3.8) is 0 Å². The van der Waals surface area contributed by atoms with E-state index in [0.29, 0.717) is 0 Å². The van der Waals surface area contributed by atoms with Crippen molar-refractivity contribution in [3.05, 3.63) is 268 Å². The highest BCUT2D eigenvalue weighted by Crippen LogP contribution is 2.72. The van der Waals surface area contributed by atoms with E-state index in [0.717, 1.165) is 70.2 Å². The van der Waals surface area contributed by atoms with Crippen molar-refractivity contribution >= 4 is 0 Å². The van der Waals surface area contributed by atoms with Crippen molar-refractivity contribution < 1.29 is 0 Å². The SMILES string of the molecule is CC1(c2ccc(C#Cc3ccncc3)cc2)CC2(c3ccc(C#Cc4ccncc4)cc3)C[C-](c3ccc(C#Cc4ccncc4)cc3)CC2(c2ccc(C#Cc3ccncc3)cc2)C1. The molecule has 4 aromatic heterocycles. The zero-order valence-electron chi connectivity index (χ0n) is 36.1. The second kappa shape index (κ2) is 17.8. The second-order valence-corrected chi connectivity index (χ2v) is 17.3. The molecular weight excluding hydrogens is 789 g/mol. The van der Waals surface area contributed by atoms with Crippen molar-refractivity contribution in [1.29, 1.82) is 0 Å². The average Bonchev–Trinajstić information content (AvgIpc) is 3.83. The number of nitrogens with zero attached hydrogens (tertiary/aromatic N) is 4. The van der Waals surface area contributed by atoms with E-state index in [-0.39, 0.29) is 16.2 Å². The number of aromatic nitrogens is 4. The first kappa shape index (κ1) is 40.6. The van der Waals surface area contributed by atoms with Gasteiger partial charge < -0.3 is 0 Å². The fourth-order valence-corrected chi connectivity index (χ4v) is 10.2. The quantitative estimate of drug-likeness (QED) is 0.131. The van der Waals surface area contributed by atoms with Crippen LogP contribution in [0.4, 0.5) is 0 Å². The topological polar surface area (TPSA) is 51.6 Å². The van der Waals surface area contributed by atoms with Crippen LogP contribution < -0.4 is 0 Å². The Hall–Kier alpha value is -8.41. The van der Waals surface area contributed by atoms with E-state index in [1.807, 2.05) is 48.5 Å². The van der Waals surface area contributed by atoms with Gasteiger partial charge in [0.2, 0.25) is 0 Å². The Morgan fingerprint density at radius 3 is 0.862 bits per heavy atom. The smallest absolute Gasteiger partial charge is 0.0280 e. The summed E-state index contributed by atoms with van der Waals surface area (Å²) in [5, 5.41) is 0. The van der Waals surface area contributed by atoms with Crippen molar-refractivity contribution in [2.75, 3.05) is 0 Å². The summed E-state index contributed by atoms with van der Waals surface area (Å²) in [6.07, 6.45) is 18.0. The fraction of sp³-hybridized carbons (Fsp3) is 0.131. The minimum Gasteiger partial charge on any atom is -0.265 e. The van der Waals surface area contributed by atoms with Crippen LogP contribution in [-0.4, -0.2) is 19.9 Å². The maximum atomic E-state index is 4.16. The molecule has 4 heteroatoms. The van der Waals surface area contributed by atoms with Crippen LogP contribution >= 0.6 is 0 Å².